The average Bonchev–Trinajstić information content (AvgIpc) is 2.97. The Labute approximate surface area is 143 Å². The number of rotatable bonds is 3. The molecule has 0 radical (unpaired) electrons. The van der Waals surface area contributed by atoms with Crippen molar-refractivity contribution >= 4 is 5.91 Å². The lowest BCUT2D eigenvalue weighted by molar-refractivity contribution is -0.142. The van der Waals surface area contributed by atoms with Crippen LogP contribution in [0.15, 0.2) is 36.5 Å². The fourth-order valence-electron chi connectivity index (χ4n) is 4.11. The quantitative estimate of drug-likeness (QED) is 0.861. The normalized spacial score (nSPS) is 19.3. The van der Waals surface area contributed by atoms with E-state index in [1.807, 2.05) is 24.4 Å². The molecule has 2 aliphatic rings. The summed E-state index contributed by atoms with van der Waals surface area (Å²) in [6, 6.07) is 10.7. The highest BCUT2D eigenvalue weighted by Gasteiger charge is 2.37. The van der Waals surface area contributed by atoms with Crippen LogP contribution in [0.25, 0.3) is 11.4 Å². The molecule has 2 heterocycles. The summed E-state index contributed by atoms with van der Waals surface area (Å²) in [6.45, 7) is 3.75. The first-order chi connectivity index (χ1) is 11.7. The molecule has 1 aliphatic heterocycles. The number of carbonyl (C=O) groups excluding carboxylic acids is 1. The molecular weight excluding hydrogens is 298 g/mol. The predicted octanol–water partition coefficient (Wildman–Crippen LogP) is 3.82. The molecule has 0 unspecified atom stereocenters. The van der Waals surface area contributed by atoms with E-state index in [0.29, 0.717) is 11.9 Å². The number of nitrogens with zero attached hydrogens (tertiary/aromatic N) is 3. The average molecular weight is 323 g/mol. The largest absolute Gasteiger partial charge is 0.338 e. The van der Waals surface area contributed by atoms with Gasteiger partial charge >= 0.3 is 0 Å². The SMILES string of the molecule is Cc1cnc(-c2ccccc2)n1C1CN(C(=O)C2CCCCC2)C1. The van der Waals surface area contributed by atoms with Crippen LogP contribution >= 0.6 is 0 Å². The fraction of sp³-hybridized carbons (Fsp3) is 0.500. The first-order valence-corrected chi connectivity index (χ1v) is 9.12. The van der Waals surface area contributed by atoms with Gasteiger partial charge < -0.3 is 9.47 Å². The second-order valence-electron chi connectivity index (χ2n) is 7.19. The van der Waals surface area contributed by atoms with Gasteiger partial charge in [-0.25, -0.2) is 4.98 Å². The molecule has 1 aromatic carbocycles. The number of carbonyl (C=O) groups is 1. The molecule has 0 bridgehead atoms. The number of likely N-dealkylation sites (tertiary alicyclic amines) is 1. The number of benzene rings is 1. The zero-order chi connectivity index (χ0) is 16.5. The Balaban J connectivity index is 1.47. The van der Waals surface area contributed by atoms with E-state index in [4.69, 9.17) is 0 Å². The minimum absolute atomic E-state index is 0.275. The van der Waals surface area contributed by atoms with Crippen molar-refractivity contribution < 1.29 is 4.79 Å². The fourth-order valence-corrected chi connectivity index (χ4v) is 4.11. The van der Waals surface area contributed by atoms with Gasteiger partial charge in [-0.3, -0.25) is 4.79 Å². The second-order valence-corrected chi connectivity index (χ2v) is 7.19. The summed E-state index contributed by atoms with van der Waals surface area (Å²) in [6.07, 6.45) is 7.83. The Kier molecular flexibility index (Phi) is 4.13. The minimum Gasteiger partial charge on any atom is -0.338 e. The molecule has 1 aromatic heterocycles. The molecule has 1 saturated heterocycles. The third kappa shape index (κ3) is 2.74. The van der Waals surface area contributed by atoms with Gasteiger partial charge in [-0.05, 0) is 19.8 Å². The molecule has 0 N–H and O–H groups in total. The molecule has 126 valence electrons. The summed E-state index contributed by atoms with van der Waals surface area (Å²) in [5.41, 5.74) is 2.31. The van der Waals surface area contributed by atoms with Crippen molar-refractivity contribution in [2.75, 3.05) is 13.1 Å². The van der Waals surface area contributed by atoms with Crippen molar-refractivity contribution in [2.24, 2.45) is 5.92 Å². The Hall–Kier alpha value is -2.10. The smallest absolute Gasteiger partial charge is 0.225 e. The third-order valence-electron chi connectivity index (χ3n) is 5.51. The Morgan fingerprint density at radius 1 is 1.08 bits per heavy atom. The van der Waals surface area contributed by atoms with E-state index in [1.165, 1.54) is 25.0 Å². The van der Waals surface area contributed by atoms with Crippen molar-refractivity contribution in [1.82, 2.24) is 14.5 Å². The molecule has 24 heavy (non-hydrogen) atoms. The lowest BCUT2D eigenvalue weighted by atomic mass is 9.87. The highest BCUT2D eigenvalue weighted by molar-refractivity contribution is 5.79. The maximum atomic E-state index is 12.6. The summed E-state index contributed by atoms with van der Waals surface area (Å²) < 4.78 is 2.31. The van der Waals surface area contributed by atoms with Gasteiger partial charge in [0.15, 0.2) is 0 Å². The number of aryl methyl sites for hydroxylation is 1. The van der Waals surface area contributed by atoms with Gasteiger partial charge in [0.25, 0.3) is 0 Å². The molecule has 1 saturated carbocycles. The summed E-state index contributed by atoms with van der Waals surface area (Å²) in [7, 11) is 0. The topological polar surface area (TPSA) is 38.1 Å². The van der Waals surface area contributed by atoms with Gasteiger partial charge in [0.1, 0.15) is 5.82 Å². The molecule has 1 aliphatic carbocycles. The van der Waals surface area contributed by atoms with E-state index in [-0.39, 0.29) is 5.92 Å². The van der Waals surface area contributed by atoms with Crippen LogP contribution < -0.4 is 0 Å². The number of hydrogen-bond acceptors (Lipinski definition) is 2. The lowest BCUT2D eigenvalue weighted by Gasteiger charge is -2.43. The first-order valence-electron chi connectivity index (χ1n) is 9.12. The van der Waals surface area contributed by atoms with E-state index in [0.717, 1.165) is 37.3 Å². The Morgan fingerprint density at radius 3 is 2.50 bits per heavy atom. The monoisotopic (exact) mass is 323 g/mol. The van der Waals surface area contributed by atoms with Crippen LogP contribution in [0.4, 0.5) is 0 Å². The van der Waals surface area contributed by atoms with Crippen molar-refractivity contribution in [3.8, 4) is 11.4 Å². The van der Waals surface area contributed by atoms with Crippen molar-refractivity contribution in [2.45, 2.75) is 45.1 Å². The van der Waals surface area contributed by atoms with Gasteiger partial charge in [-0.1, -0.05) is 49.6 Å². The summed E-state index contributed by atoms with van der Waals surface area (Å²) in [4.78, 5) is 19.3. The maximum absolute atomic E-state index is 12.6. The zero-order valence-corrected chi connectivity index (χ0v) is 14.3. The second kappa shape index (κ2) is 6.42. The van der Waals surface area contributed by atoms with Gasteiger partial charge in [-0.15, -0.1) is 0 Å². The molecule has 0 atom stereocenters. The highest BCUT2D eigenvalue weighted by atomic mass is 16.2. The molecule has 1 amide bonds. The maximum Gasteiger partial charge on any atom is 0.225 e. The third-order valence-corrected chi connectivity index (χ3v) is 5.51. The van der Waals surface area contributed by atoms with Crippen molar-refractivity contribution in [1.29, 1.82) is 0 Å². The van der Waals surface area contributed by atoms with Crippen LogP contribution in [0.1, 0.15) is 43.8 Å². The molecular formula is C20H25N3O. The molecule has 2 aromatic rings. The zero-order valence-electron chi connectivity index (χ0n) is 14.3. The lowest BCUT2D eigenvalue weighted by Crippen LogP contribution is -2.53. The highest BCUT2D eigenvalue weighted by Crippen LogP contribution is 2.32. The Morgan fingerprint density at radius 2 is 1.79 bits per heavy atom. The number of aromatic nitrogens is 2. The van der Waals surface area contributed by atoms with Crippen molar-refractivity contribution in [3.63, 3.8) is 0 Å². The number of hydrogen-bond donors (Lipinski definition) is 0. The van der Waals surface area contributed by atoms with Gasteiger partial charge in [-0.2, -0.15) is 0 Å². The van der Waals surface area contributed by atoms with Crippen LogP contribution in [0.3, 0.4) is 0 Å². The van der Waals surface area contributed by atoms with Crippen LogP contribution in [0, 0.1) is 12.8 Å². The number of imidazole rings is 1. The molecule has 0 spiro atoms. The number of amides is 1. The Bertz CT molecular complexity index is 710. The van der Waals surface area contributed by atoms with Crippen LogP contribution in [-0.2, 0) is 4.79 Å². The first kappa shape index (κ1) is 15.4. The molecule has 4 rings (SSSR count). The van der Waals surface area contributed by atoms with Gasteiger partial charge in [0.05, 0.1) is 6.04 Å². The van der Waals surface area contributed by atoms with Crippen LogP contribution in [-0.4, -0.2) is 33.4 Å². The molecule has 4 nitrogen and oxygen atoms in total. The van der Waals surface area contributed by atoms with E-state index in [1.54, 1.807) is 0 Å². The molecule has 4 heteroatoms. The predicted molar refractivity (Wildman–Crippen MR) is 94.6 cm³/mol. The van der Waals surface area contributed by atoms with Gasteiger partial charge in [0.2, 0.25) is 5.91 Å². The van der Waals surface area contributed by atoms with E-state index < -0.39 is 0 Å². The van der Waals surface area contributed by atoms with E-state index in [2.05, 4.69) is 33.5 Å². The minimum atomic E-state index is 0.275. The van der Waals surface area contributed by atoms with Gasteiger partial charge in [0, 0.05) is 36.5 Å². The molecule has 2 fully saturated rings. The summed E-state index contributed by atoms with van der Waals surface area (Å²) in [5.74, 6) is 1.67. The summed E-state index contributed by atoms with van der Waals surface area (Å²) in [5, 5.41) is 0. The van der Waals surface area contributed by atoms with E-state index in [9.17, 15) is 4.79 Å². The van der Waals surface area contributed by atoms with Crippen molar-refractivity contribution in [3.05, 3.63) is 42.2 Å². The summed E-state index contributed by atoms with van der Waals surface area (Å²) >= 11 is 0. The van der Waals surface area contributed by atoms with E-state index >= 15 is 0 Å². The van der Waals surface area contributed by atoms with Crippen LogP contribution in [0.2, 0.25) is 0 Å². The van der Waals surface area contributed by atoms with Crippen LogP contribution in [0.5, 0.6) is 0 Å². The standard InChI is InChI=1S/C20H25N3O/c1-15-12-21-19(16-8-4-2-5-9-16)23(15)18-13-22(14-18)20(24)17-10-6-3-7-11-17/h2,4-5,8-9,12,17-18H,3,6-7,10-11,13-14H2,1H3.